The number of rotatable bonds is 7. The Kier molecular flexibility index (Phi) is 7.39. The number of furan rings is 1. The van der Waals surface area contributed by atoms with Crippen molar-refractivity contribution in [3.05, 3.63) is 34.8 Å². The van der Waals surface area contributed by atoms with Crippen LogP contribution in [-0.4, -0.2) is 29.1 Å². The SMILES string of the molecule is C/C=C(/C)C(=O)O[C@H]1CC[C@@H]2Cc3occ(C)c3[C@@H](OC(=O)CC(C)CC)[C@]2(C)[C@H]1C(=O)O. The molecule has 1 saturated carbocycles. The molecule has 0 aliphatic heterocycles. The van der Waals surface area contributed by atoms with Crippen molar-refractivity contribution in [3.8, 4) is 0 Å². The zero-order valence-corrected chi connectivity index (χ0v) is 20.5. The number of carbonyl (C=O) groups is 3. The number of allylic oxidation sites excluding steroid dienone is 1. The van der Waals surface area contributed by atoms with Gasteiger partial charge >= 0.3 is 17.9 Å². The molecule has 3 rings (SSSR count). The van der Waals surface area contributed by atoms with Crippen LogP contribution >= 0.6 is 0 Å². The first kappa shape index (κ1) is 25.1. The first-order valence-corrected chi connectivity index (χ1v) is 11.9. The highest BCUT2D eigenvalue weighted by Crippen LogP contribution is 2.60. The molecular formula is C26H36O7. The lowest BCUT2D eigenvalue weighted by atomic mass is 9.53. The van der Waals surface area contributed by atoms with Crippen molar-refractivity contribution < 1.29 is 33.4 Å². The van der Waals surface area contributed by atoms with Crippen LogP contribution in [0.1, 0.15) is 83.3 Å². The van der Waals surface area contributed by atoms with E-state index >= 15 is 0 Å². The van der Waals surface area contributed by atoms with E-state index in [1.54, 1.807) is 26.2 Å². The Bertz CT molecular complexity index is 942. The molecule has 0 radical (unpaired) electrons. The van der Waals surface area contributed by atoms with Crippen molar-refractivity contribution in [1.82, 2.24) is 0 Å². The second-order valence-corrected chi connectivity index (χ2v) is 9.92. The lowest BCUT2D eigenvalue weighted by Gasteiger charge is -2.53. The Morgan fingerprint density at radius 2 is 2.00 bits per heavy atom. The third-order valence-electron chi connectivity index (χ3n) is 7.82. The van der Waals surface area contributed by atoms with Crippen molar-refractivity contribution in [1.29, 1.82) is 0 Å². The maximum Gasteiger partial charge on any atom is 0.333 e. The van der Waals surface area contributed by atoms with E-state index in [2.05, 4.69) is 0 Å². The molecule has 1 fully saturated rings. The molecule has 1 aromatic heterocycles. The van der Waals surface area contributed by atoms with E-state index in [4.69, 9.17) is 13.9 Å². The number of carboxylic acid groups (broad SMARTS) is 1. The molecule has 0 saturated heterocycles. The highest BCUT2D eigenvalue weighted by atomic mass is 16.6. The molecule has 182 valence electrons. The van der Waals surface area contributed by atoms with Gasteiger partial charge < -0.3 is 19.0 Å². The number of aliphatic carboxylic acids is 1. The summed E-state index contributed by atoms with van der Waals surface area (Å²) in [7, 11) is 0. The lowest BCUT2D eigenvalue weighted by molar-refractivity contribution is -0.198. The smallest absolute Gasteiger partial charge is 0.333 e. The van der Waals surface area contributed by atoms with Crippen molar-refractivity contribution >= 4 is 17.9 Å². The monoisotopic (exact) mass is 460 g/mol. The van der Waals surface area contributed by atoms with Crippen LogP contribution in [0.15, 0.2) is 22.3 Å². The molecule has 1 aromatic rings. The van der Waals surface area contributed by atoms with E-state index < -0.39 is 35.5 Å². The number of carbonyl (C=O) groups excluding carboxylic acids is 2. The van der Waals surface area contributed by atoms with E-state index in [9.17, 15) is 19.5 Å². The maximum atomic E-state index is 12.9. The van der Waals surface area contributed by atoms with Gasteiger partial charge in [0.2, 0.25) is 0 Å². The summed E-state index contributed by atoms with van der Waals surface area (Å²) in [5, 5.41) is 10.4. The molecule has 6 atom stereocenters. The molecule has 0 aromatic carbocycles. The summed E-state index contributed by atoms with van der Waals surface area (Å²) >= 11 is 0. The molecular weight excluding hydrogens is 424 g/mol. The fourth-order valence-corrected chi connectivity index (χ4v) is 5.44. The average Bonchev–Trinajstić information content (AvgIpc) is 3.12. The van der Waals surface area contributed by atoms with Crippen molar-refractivity contribution in [3.63, 3.8) is 0 Å². The van der Waals surface area contributed by atoms with Crippen LogP contribution in [-0.2, 0) is 30.3 Å². The molecule has 33 heavy (non-hydrogen) atoms. The number of ether oxygens (including phenoxy) is 2. The fraction of sp³-hybridized carbons (Fsp3) is 0.654. The van der Waals surface area contributed by atoms with Crippen LogP contribution in [0.5, 0.6) is 0 Å². The van der Waals surface area contributed by atoms with E-state index in [-0.39, 0.29) is 24.2 Å². The average molecular weight is 461 g/mol. The van der Waals surface area contributed by atoms with E-state index in [0.717, 1.165) is 23.3 Å². The van der Waals surface area contributed by atoms with Gasteiger partial charge in [0.1, 0.15) is 23.9 Å². The molecule has 1 unspecified atom stereocenters. The highest BCUT2D eigenvalue weighted by molar-refractivity contribution is 5.88. The predicted octanol–water partition coefficient (Wildman–Crippen LogP) is 5.16. The minimum atomic E-state index is -1.05. The van der Waals surface area contributed by atoms with Crippen LogP contribution in [0.3, 0.4) is 0 Å². The van der Waals surface area contributed by atoms with Gasteiger partial charge in [0.05, 0.1) is 6.26 Å². The van der Waals surface area contributed by atoms with Crippen LogP contribution in [0.2, 0.25) is 0 Å². The molecule has 7 nitrogen and oxygen atoms in total. The van der Waals surface area contributed by atoms with E-state index in [1.165, 1.54) is 0 Å². The number of hydrogen-bond donors (Lipinski definition) is 1. The third kappa shape index (κ3) is 4.59. The van der Waals surface area contributed by atoms with Crippen molar-refractivity contribution in [2.24, 2.45) is 23.2 Å². The third-order valence-corrected chi connectivity index (χ3v) is 7.82. The Morgan fingerprint density at radius 1 is 1.30 bits per heavy atom. The molecule has 1 heterocycles. The molecule has 7 heteroatoms. The molecule has 1 N–H and O–H groups in total. The van der Waals surface area contributed by atoms with Crippen LogP contribution < -0.4 is 0 Å². The number of fused-ring (bicyclic) bond motifs is 2. The standard InChI is InChI=1S/C26H36O7/c1-7-14(3)11-20(27)33-23-21-16(5)13-31-19(21)12-17-9-10-18(32-25(30)15(4)8-2)22(24(28)29)26(17,23)6/h8,13-14,17-18,22-23H,7,9-12H2,1-6H3,(H,28,29)/b15-8-/t14?,17-,18+,22-,23-,26+/m1/s1. The van der Waals surface area contributed by atoms with Gasteiger partial charge in [-0.1, -0.05) is 33.3 Å². The van der Waals surface area contributed by atoms with Gasteiger partial charge in [-0.3, -0.25) is 9.59 Å². The number of carboxylic acids is 1. The Hall–Kier alpha value is -2.57. The van der Waals surface area contributed by atoms with Gasteiger partial charge in [0.15, 0.2) is 0 Å². The van der Waals surface area contributed by atoms with Gasteiger partial charge in [-0.05, 0) is 51.0 Å². The van der Waals surface area contributed by atoms with Gasteiger partial charge in [-0.15, -0.1) is 0 Å². The van der Waals surface area contributed by atoms with Crippen LogP contribution in [0.4, 0.5) is 0 Å². The minimum absolute atomic E-state index is 0.0872. The van der Waals surface area contributed by atoms with Gasteiger partial charge in [-0.2, -0.15) is 0 Å². The summed E-state index contributed by atoms with van der Waals surface area (Å²) in [5.74, 6) is -2.11. The Labute approximate surface area is 195 Å². The first-order chi connectivity index (χ1) is 15.5. The molecule has 0 bridgehead atoms. The van der Waals surface area contributed by atoms with E-state index in [0.29, 0.717) is 24.8 Å². The van der Waals surface area contributed by atoms with Gasteiger partial charge in [0.25, 0.3) is 0 Å². The topological polar surface area (TPSA) is 103 Å². The molecule has 0 amide bonds. The second-order valence-electron chi connectivity index (χ2n) is 9.92. The number of aryl methyl sites for hydroxylation is 1. The molecule has 0 spiro atoms. The number of esters is 2. The normalized spacial score (nSPS) is 30.1. The highest BCUT2D eigenvalue weighted by Gasteiger charge is 2.62. The largest absolute Gasteiger partial charge is 0.481 e. The summed E-state index contributed by atoms with van der Waals surface area (Å²) in [6.45, 7) is 11.1. The summed E-state index contributed by atoms with van der Waals surface area (Å²) < 4.78 is 17.6. The second kappa shape index (κ2) is 9.74. The van der Waals surface area contributed by atoms with Crippen molar-refractivity contribution in [2.75, 3.05) is 0 Å². The predicted molar refractivity (Wildman–Crippen MR) is 121 cm³/mol. The zero-order valence-electron chi connectivity index (χ0n) is 20.5. The van der Waals surface area contributed by atoms with Crippen LogP contribution in [0, 0.1) is 30.1 Å². The molecule has 2 aliphatic carbocycles. The zero-order chi connectivity index (χ0) is 24.5. The lowest BCUT2D eigenvalue weighted by Crippen LogP contribution is -2.56. The Balaban J connectivity index is 2.05. The summed E-state index contributed by atoms with van der Waals surface area (Å²) in [6, 6.07) is 0. The van der Waals surface area contributed by atoms with Gasteiger partial charge in [0, 0.05) is 29.4 Å². The van der Waals surface area contributed by atoms with Crippen molar-refractivity contribution in [2.45, 2.75) is 85.9 Å². The summed E-state index contributed by atoms with van der Waals surface area (Å²) in [6.07, 6.45) is 4.44. The van der Waals surface area contributed by atoms with E-state index in [1.807, 2.05) is 27.7 Å². The summed E-state index contributed by atoms with van der Waals surface area (Å²) in [4.78, 5) is 38.1. The summed E-state index contributed by atoms with van der Waals surface area (Å²) in [5.41, 5.74) is 1.07. The maximum absolute atomic E-state index is 12.9. The van der Waals surface area contributed by atoms with Crippen LogP contribution in [0.25, 0.3) is 0 Å². The molecule has 2 aliphatic rings. The van der Waals surface area contributed by atoms with Gasteiger partial charge in [-0.25, -0.2) is 4.79 Å². The minimum Gasteiger partial charge on any atom is -0.481 e. The first-order valence-electron chi connectivity index (χ1n) is 11.9. The number of hydrogen-bond acceptors (Lipinski definition) is 6. The fourth-order valence-electron chi connectivity index (χ4n) is 5.44. The Morgan fingerprint density at radius 3 is 2.61 bits per heavy atom. The quantitative estimate of drug-likeness (QED) is 0.443.